The van der Waals surface area contributed by atoms with Crippen LogP contribution in [-0.2, 0) is 14.8 Å². The van der Waals surface area contributed by atoms with Crippen LogP contribution in [0.15, 0.2) is 0 Å². The van der Waals surface area contributed by atoms with Gasteiger partial charge in [-0.1, -0.05) is 6.92 Å². The van der Waals surface area contributed by atoms with Gasteiger partial charge in [0.25, 0.3) is 0 Å². The van der Waals surface area contributed by atoms with Crippen LogP contribution in [0, 0.1) is 5.92 Å². The molecule has 1 unspecified atom stereocenters. The van der Waals surface area contributed by atoms with Crippen molar-refractivity contribution in [2.45, 2.75) is 26.0 Å². The van der Waals surface area contributed by atoms with Crippen molar-refractivity contribution in [1.29, 1.82) is 0 Å². The summed E-state index contributed by atoms with van der Waals surface area (Å²) in [7, 11) is -1.78. The molecule has 0 aromatic carbocycles. The van der Waals surface area contributed by atoms with Crippen LogP contribution < -0.4 is 10.0 Å². The van der Waals surface area contributed by atoms with Crippen molar-refractivity contribution in [3.8, 4) is 0 Å². The third kappa shape index (κ3) is 4.06. The number of sulfonamides is 1. The molecule has 2 N–H and O–H groups in total. The molecule has 0 aromatic rings. The molecule has 0 aliphatic carbocycles. The molecule has 1 amide bonds. The zero-order valence-electron chi connectivity index (χ0n) is 8.99. The third-order valence-electron chi connectivity index (χ3n) is 1.82. The van der Waals surface area contributed by atoms with Crippen LogP contribution in [0.25, 0.3) is 0 Å². The van der Waals surface area contributed by atoms with E-state index in [-0.39, 0.29) is 5.92 Å². The van der Waals surface area contributed by atoms with Gasteiger partial charge < -0.3 is 5.32 Å². The van der Waals surface area contributed by atoms with Crippen LogP contribution >= 0.6 is 0 Å². The molecule has 1 atom stereocenters. The predicted octanol–water partition coefficient (Wildman–Crippen LogP) is -0.304. The number of hydrogen-bond donors (Lipinski definition) is 2. The fourth-order valence-corrected chi connectivity index (χ4v) is 1.47. The SMILES string of the molecule is CNCC(C)C(=O)NS(=O)(=O)C(C)C. The first-order valence-corrected chi connectivity index (χ1v) is 6.06. The van der Waals surface area contributed by atoms with Gasteiger partial charge in [-0.05, 0) is 20.9 Å². The monoisotopic (exact) mass is 222 g/mol. The highest BCUT2D eigenvalue weighted by Gasteiger charge is 2.21. The standard InChI is InChI=1S/C8H18N2O3S/c1-6(2)14(12,13)10-8(11)7(3)5-9-4/h6-7,9H,5H2,1-4H3,(H,10,11). The van der Waals surface area contributed by atoms with E-state index < -0.39 is 21.2 Å². The second-order valence-corrected chi connectivity index (χ2v) is 5.76. The fraction of sp³-hybridized carbons (Fsp3) is 0.875. The van der Waals surface area contributed by atoms with Crippen molar-refractivity contribution in [2.24, 2.45) is 5.92 Å². The van der Waals surface area contributed by atoms with E-state index in [2.05, 4.69) is 5.32 Å². The Morgan fingerprint density at radius 2 is 1.79 bits per heavy atom. The minimum absolute atomic E-state index is 0.353. The first-order valence-electron chi connectivity index (χ1n) is 4.51. The van der Waals surface area contributed by atoms with Crippen molar-refractivity contribution in [2.75, 3.05) is 13.6 Å². The van der Waals surface area contributed by atoms with Crippen LogP contribution in [0.3, 0.4) is 0 Å². The van der Waals surface area contributed by atoms with Crippen molar-refractivity contribution in [3.63, 3.8) is 0 Å². The molecule has 0 aromatic heterocycles. The normalized spacial score (nSPS) is 14.1. The Hall–Kier alpha value is -0.620. The Labute approximate surface area is 85.3 Å². The van der Waals surface area contributed by atoms with Crippen molar-refractivity contribution >= 4 is 15.9 Å². The smallest absolute Gasteiger partial charge is 0.237 e. The van der Waals surface area contributed by atoms with E-state index in [0.717, 1.165) is 0 Å². The topological polar surface area (TPSA) is 75.3 Å². The van der Waals surface area contributed by atoms with E-state index in [0.29, 0.717) is 6.54 Å². The summed E-state index contributed by atoms with van der Waals surface area (Å²) in [5.74, 6) is -0.818. The molecule has 0 spiro atoms. The summed E-state index contributed by atoms with van der Waals surface area (Å²) in [4.78, 5) is 11.3. The second kappa shape index (κ2) is 5.31. The molecule has 6 heteroatoms. The molecular weight excluding hydrogens is 204 g/mol. The lowest BCUT2D eigenvalue weighted by Crippen LogP contribution is -2.41. The number of carbonyl (C=O) groups is 1. The van der Waals surface area contributed by atoms with Gasteiger partial charge in [-0.3, -0.25) is 9.52 Å². The number of amides is 1. The van der Waals surface area contributed by atoms with Crippen LogP contribution in [0.4, 0.5) is 0 Å². The average molecular weight is 222 g/mol. The first kappa shape index (κ1) is 13.4. The summed E-state index contributed by atoms with van der Waals surface area (Å²) in [6.45, 7) is 5.18. The Kier molecular flexibility index (Phi) is 5.07. The Morgan fingerprint density at radius 3 is 2.14 bits per heavy atom. The van der Waals surface area contributed by atoms with Gasteiger partial charge in [0.05, 0.1) is 5.25 Å². The molecule has 0 fully saturated rings. The van der Waals surface area contributed by atoms with Gasteiger partial charge in [-0.15, -0.1) is 0 Å². The molecule has 0 saturated heterocycles. The highest BCUT2D eigenvalue weighted by Crippen LogP contribution is 1.99. The van der Waals surface area contributed by atoms with Gasteiger partial charge in [-0.25, -0.2) is 8.42 Å². The second-order valence-electron chi connectivity index (χ2n) is 3.52. The number of rotatable bonds is 5. The maximum absolute atomic E-state index is 11.3. The summed E-state index contributed by atoms with van der Waals surface area (Å²) in [5, 5.41) is 2.22. The van der Waals surface area contributed by atoms with E-state index in [1.54, 1.807) is 14.0 Å². The Bertz CT molecular complexity index is 285. The predicted molar refractivity (Wildman–Crippen MR) is 55.3 cm³/mol. The van der Waals surface area contributed by atoms with Crippen LogP contribution in [0.1, 0.15) is 20.8 Å². The molecule has 0 heterocycles. The van der Waals surface area contributed by atoms with Gasteiger partial charge in [0.1, 0.15) is 0 Å². The molecule has 0 aliphatic heterocycles. The van der Waals surface area contributed by atoms with Crippen molar-refractivity contribution in [1.82, 2.24) is 10.0 Å². The summed E-state index contributed by atoms with van der Waals surface area (Å²) in [6, 6.07) is 0. The van der Waals surface area contributed by atoms with Gasteiger partial charge in [-0.2, -0.15) is 0 Å². The highest BCUT2D eigenvalue weighted by atomic mass is 32.2. The van der Waals surface area contributed by atoms with Crippen molar-refractivity contribution in [3.05, 3.63) is 0 Å². The zero-order chi connectivity index (χ0) is 11.4. The Balaban J connectivity index is 4.33. The molecule has 0 saturated carbocycles. The summed E-state index contributed by atoms with van der Waals surface area (Å²) < 4.78 is 24.6. The van der Waals surface area contributed by atoms with Crippen molar-refractivity contribution < 1.29 is 13.2 Å². The molecule has 0 radical (unpaired) electrons. The minimum atomic E-state index is -3.49. The van der Waals surface area contributed by atoms with E-state index in [1.807, 2.05) is 4.72 Å². The van der Waals surface area contributed by atoms with E-state index in [9.17, 15) is 13.2 Å². The Morgan fingerprint density at radius 1 is 1.29 bits per heavy atom. The molecule has 84 valence electrons. The zero-order valence-corrected chi connectivity index (χ0v) is 9.81. The largest absolute Gasteiger partial charge is 0.319 e. The minimum Gasteiger partial charge on any atom is -0.319 e. The summed E-state index contributed by atoms with van der Waals surface area (Å²) in [5.41, 5.74) is 0. The number of carbonyl (C=O) groups excluding carboxylic acids is 1. The van der Waals surface area contributed by atoms with Gasteiger partial charge in [0, 0.05) is 12.5 Å². The molecule has 0 bridgehead atoms. The van der Waals surface area contributed by atoms with Gasteiger partial charge >= 0.3 is 0 Å². The number of nitrogens with one attached hydrogen (secondary N) is 2. The first-order chi connectivity index (χ1) is 6.31. The maximum Gasteiger partial charge on any atom is 0.237 e. The van der Waals surface area contributed by atoms with Gasteiger partial charge in [0.2, 0.25) is 15.9 Å². The lowest BCUT2D eigenvalue weighted by molar-refractivity contribution is -0.122. The third-order valence-corrected chi connectivity index (χ3v) is 3.55. The quantitative estimate of drug-likeness (QED) is 0.669. The summed E-state index contributed by atoms with van der Waals surface area (Å²) in [6.07, 6.45) is 0. The molecule has 14 heavy (non-hydrogen) atoms. The molecular formula is C8H18N2O3S. The van der Waals surface area contributed by atoms with Gasteiger partial charge in [0.15, 0.2) is 0 Å². The van der Waals surface area contributed by atoms with Crippen LogP contribution in [0.5, 0.6) is 0 Å². The van der Waals surface area contributed by atoms with Crippen LogP contribution in [-0.4, -0.2) is 33.2 Å². The molecule has 0 rings (SSSR count). The lowest BCUT2D eigenvalue weighted by Gasteiger charge is -2.13. The maximum atomic E-state index is 11.3. The fourth-order valence-electron chi connectivity index (χ4n) is 0.758. The van der Waals surface area contributed by atoms with Crippen LogP contribution in [0.2, 0.25) is 0 Å². The summed E-state index contributed by atoms with van der Waals surface area (Å²) >= 11 is 0. The van der Waals surface area contributed by atoms with E-state index >= 15 is 0 Å². The number of hydrogen-bond acceptors (Lipinski definition) is 4. The highest BCUT2D eigenvalue weighted by molar-refractivity contribution is 7.90. The van der Waals surface area contributed by atoms with E-state index in [4.69, 9.17) is 0 Å². The molecule has 0 aliphatic rings. The molecule has 5 nitrogen and oxygen atoms in total. The lowest BCUT2D eigenvalue weighted by atomic mass is 10.2. The van der Waals surface area contributed by atoms with E-state index in [1.165, 1.54) is 13.8 Å². The average Bonchev–Trinajstić information content (AvgIpc) is 2.03.